The van der Waals surface area contributed by atoms with Crippen molar-refractivity contribution in [3.8, 4) is 0 Å². The molecule has 116 valence electrons. The number of rotatable bonds is 4. The maximum absolute atomic E-state index is 3.39. The van der Waals surface area contributed by atoms with Crippen LogP contribution in [0.3, 0.4) is 0 Å². The van der Waals surface area contributed by atoms with Gasteiger partial charge in [0.05, 0.1) is 0 Å². The summed E-state index contributed by atoms with van der Waals surface area (Å²) in [7, 11) is 4.15. The first kappa shape index (κ1) is 19.2. The van der Waals surface area contributed by atoms with E-state index in [9.17, 15) is 0 Å². The van der Waals surface area contributed by atoms with Crippen molar-refractivity contribution in [1.82, 2.24) is 5.32 Å². The topological polar surface area (TPSA) is 15.3 Å². The van der Waals surface area contributed by atoms with Crippen molar-refractivity contribution >= 4 is 5.69 Å². The van der Waals surface area contributed by atoms with Crippen LogP contribution in [0.15, 0.2) is 67.3 Å². The number of likely N-dealkylation sites (N-methyl/N-ethyl adjacent to an activating group) is 2. The van der Waals surface area contributed by atoms with Crippen LogP contribution in [0.2, 0.25) is 0 Å². The largest absolute Gasteiger partial charge is 0.355 e. The average Bonchev–Trinajstić information content (AvgIpc) is 2.61. The van der Waals surface area contributed by atoms with E-state index in [0.29, 0.717) is 0 Å². The molecule has 1 aromatic rings. The van der Waals surface area contributed by atoms with Crippen molar-refractivity contribution in [2.45, 2.75) is 32.9 Å². The Kier molecular flexibility index (Phi) is 11.0. The van der Waals surface area contributed by atoms with E-state index in [-0.39, 0.29) is 6.17 Å². The summed E-state index contributed by atoms with van der Waals surface area (Å²) in [5, 5.41) is 3.39. The number of hydrogen-bond acceptors (Lipinski definition) is 2. The molecule has 0 amide bonds. The molecule has 1 aliphatic rings. The van der Waals surface area contributed by atoms with Gasteiger partial charge in [0.15, 0.2) is 0 Å². The van der Waals surface area contributed by atoms with E-state index in [1.807, 2.05) is 27.0 Å². The lowest BCUT2D eigenvalue weighted by Gasteiger charge is -2.32. The van der Waals surface area contributed by atoms with E-state index in [1.165, 1.54) is 11.3 Å². The summed E-state index contributed by atoms with van der Waals surface area (Å²) in [6.07, 6.45) is 9.17. The molecule has 1 unspecified atom stereocenters. The minimum absolute atomic E-state index is 0.280. The van der Waals surface area contributed by atoms with E-state index in [2.05, 4.69) is 72.9 Å². The third-order valence-corrected chi connectivity index (χ3v) is 3.22. The zero-order chi connectivity index (χ0) is 16.1. The molecule has 2 rings (SSSR count). The summed E-state index contributed by atoms with van der Waals surface area (Å²) in [5.41, 5.74) is 2.68. The first-order chi connectivity index (χ1) is 10.3. The van der Waals surface area contributed by atoms with Gasteiger partial charge in [-0.2, -0.15) is 0 Å². The maximum atomic E-state index is 3.39. The Morgan fingerprint density at radius 2 is 1.76 bits per heavy atom. The number of para-hydroxylation sites is 1. The summed E-state index contributed by atoms with van der Waals surface area (Å²) in [5.74, 6) is 0. The number of allylic oxidation sites excluding steroid dienone is 3. The number of anilines is 1. The van der Waals surface area contributed by atoms with Crippen LogP contribution in [0, 0.1) is 0 Å². The van der Waals surface area contributed by atoms with Gasteiger partial charge < -0.3 is 4.90 Å². The standard InChI is InChI=1S/C15H20N2.C2H6.C2H4/c1-16-15(13-9-5-3-6-10-13)17(2)14-11-7-4-8-12-14;2*1-2/h3-5,7-9,11-12,15-16H,6,10H2,1-2H3;1-2H3;1-2H2. The molecule has 0 fully saturated rings. The molecule has 0 heterocycles. The minimum Gasteiger partial charge on any atom is -0.355 e. The minimum atomic E-state index is 0.280. The summed E-state index contributed by atoms with van der Waals surface area (Å²) in [6, 6.07) is 10.5. The Hall–Kier alpha value is -1.80. The molecule has 0 aromatic heterocycles. The van der Waals surface area contributed by atoms with Crippen molar-refractivity contribution in [2.24, 2.45) is 0 Å². The normalized spacial score (nSPS) is 13.8. The zero-order valence-corrected chi connectivity index (χ0v) is 14.0. The van der Waals surface area contributed by atoms with Crippen molar-refractivity contribution in [1.29, 1.82) is 0 Å². The fraction of sp³-hybridized carbons (Fsp3) is 0.368. The van der Waals surface area contributed by atoms with Crippen molar-refractivity contribution < 1.29 is 0 Å². The Balaban J connectivity index is 0.000000921. The first-order valence-corrected chi connectivity index (χ1v) is 7.63. The fourth-order valence-electron chi connectivity index (χ4n) is 2.29. The Bertz CT molecular complexity index is 420. The van der Waals surface area contributed by atoms with Crippen molar-refractivity contribution in [3.05, 3.63) is 67.3 Å². The second-order valence-electron chi connectivity index (χ2n) is 4.35. The molecule has 0 bridgehead atoms. The number of nitrogens with zero attached hydrogens (tertiary/aromatic N) is 1. The molecule has 1 aliphatic carbocycles. The van der Waals surface area contributed by atoms with Gasteiger partial charge in [0.1, 0.15) is 6.17 Å². The third kappa shape index (κ3) is 6.01. The summed E-state index contributed by atoms with van der Waals surface area (Å²) >= 11 is 0. The summed E-state index contributed by atoms with van der Waals surface area (Å²) in [4.78, 5) is 2.28. The number of hydrogen-bond donors (Lipinski definition) is 1. The SMILES string of the molecule is C=C.CC.CNC(C1=CC=CCC1)N(C)c1ccccc1. The quantitative estimate of drug-likeness (QED) is 0.633. The van der Waals surface area contributed by atoms with E-state index in [0.717, 1.165) is 12.8 Å². The first-order valence-electron chi connectivity index (χ1n) is 7.63. The Labute approximate surface area is 130 Å². The predicted molar refractivity (Wildman–Crippen MR) is 96.8 cm³/mol. The second-order valence-corrected chi connectivity index (χ2v) is 4.35. The zero-order valence-electron chi connectivity index (χ0n) is 14.0. The lowest BCUT2D eigenvalue weighted by atomic mass is 10.0. The van der Waals surface area contributed by atoms with Gasteiger partial charge in [-0.05, 0) is 37.6 Å². The lowest BCUT2D eigenvalue weighted by Crippen LogP contribution is -2.43. The van der Waals surface area contributed by atoms with Gasteiger partial charge >= 0.3 is 0 Å². The highest BCUT2D eigenvalue weighted by molar-refractivity contribution is 5.48. The van der Waals surface area contributed by atoms with E-state index in [4.69, 9.17) is 0 Å². The van der Waals surface area contributed by atoms with Crippen LogP contribution in [0.5, 0.6) is 0 Å². The molecule has 0 saturated heterocycles. The molecule has 0 radical (unpaired) electrons. The van der Waals surface area contributed by atoms with Gasteiger partial charge in [0.25, 0.3) is 0 Å². The molecular weight excluding hydrogens is 256 g/mol. The highest BCUT2D eigenvalue weighted by atomic mass is 15.2. The van der Waals surface area contributed by atoms with E-state index in [1.54, 1.807) is 0 Å². The van der Waals surface area contributed by atoms with E-state index < -0.39 is 0 Å². The molecule has 1 atom stereocenters. The van der Waals surface area contributed by atoms with Crippen LogP contribution in [0.4, 0.5) is 5.69 Å². The smallest absolute Gasteiger partial charge is 0.101 e. The molecule has 2 nitrogen and oxygen atoms in total. The van der Waals surface area contributed by atoms with Crippen molar-refractivity contribution in [2.75, 3.05) is 19.0 Å². The fourth-order valence-corrected chi connectivity index (χ4v) is 2.29. The number of benzene rings is 1. The van der Waals surface area contributed by atoms with Crippen LogP contribution in [-0.4, -0.2) is 20.3 Å². The van der Waals surface area contributed by atoms with Gasteiger partial charge in [0, 0.05) is 12.7 Å². The Morgan fingerprint density at radius 1 is 1.14 bits per heavy atom. The van der Waals surface area contributed by atoms with Crippen LogP contribution in [0.25, 0.3) is 0 Å². The molecule has 0 saturated carbocycles. The summed E-state index contributed by atoms with van der Waals surface area (Å²) in [6.45, 7) is 10.0. The average molecular weight is 286 g/mol. The predicted octanol–water partition coefficient (Wildman–Crippen LogP) is 4.77. The van der Waals surface area contributed by atoms with Gasteiger partial charge in [-0.1, -0.05) is 50.3 Å². The Morgan fingerprint density at radius 3 is 2.24 bits per heavy atom. The van der Waals surface area contributed by atoms with Crippen LogP contribution in [-0.2, 0) is 0 Å². The van der Waals surface area contributed by atoms with Gasteiger partial charge in [-0.15, -0.1) is 13.2 Å². The van der Waals surface area contributed by atoms with E-state index >= 15 is 0 Å². The molecule has 0 aliphatic heterocycles. The van der Waals surface area contributed by atoms with Crippen LogP contribution in [0.1, 0.15) is 26.7 Å². The molecule has 21 heavy (non-hydrogen) atoms. The molecule has 2 heteroatoms. The highest BCUT2D eigenvalue weighted by Gasteiger charge is 2.17. The third-order valence-electron chi connectivity index (χ3n) is 3.22. The lowest BCUT2D eigenvalue weighted by molar-refractivity contribution is 0.599. The maximum Gasteiger partial charge on any atom is 0.101 e. The van der Waals surface area contributed by atoms with Crippen LogP contribution < -0.4 is 10.2 Å². The summed E-state index contributed by atoms with van der Waals surface area (Å²) < 4.78 is 0. The monoisotopic (exact) mass is 286 g/mol. The molecule has 1 aromatic carbocycles. The van der Waals surface area contributed by atoms with Crippen molar-refractivity contribution in [3.63, 3.8) is 0 Å². The second kappa shape index (κ2) is 12.0. The molecule has 1 N–H and O–H groups in total. The highest BCUT2D eigenvalue weighted by Crippen LogP contribution is 2.22. The van der Waals surface area contributed by atoms with Gasteiger partial charge in [0.2, 0.25) is 0 Å². The van der Waals surface area contributed by atoms with Gasteiger partial charge in [-0.3, -0.25) is 5.32 Å². The molecular formula is C19H30N2. The number of nitrogens with one attached hydrogen (secondary N) is 1. The van der Waals surface area contributed by atoms with Gasteiger partial charge in [-0.25, -0.2) is 0 Å². The van der Waals surface area contributed by atoms with Crippen LogP contribution >= 0.6 is 0 Å². The molecule has 0 spiro atoms.